The quantitative estimate of drug-likeness (QED) is 0.701. The van der Waals surface area contributed by atoms with Gasteiger partial charge in [-0.3, -0.25) is 0 Å². The number of carbonyl (C=O) groups excluding carboxylic acids is 1. The van der Waals surface area contributed by atoms with E-state index in [0.29, 0.717) is 5.57 Å². The van der Waals surface area contributed by atoms with Crippen LogP contribution in [0.5, 0.6) is 0 Å². The molecule has 0 aromatic heterocycles. The highest BCUT2D eigenvalue weighted by Gasteiger charge is 2.25. The molecule has 0 saturated heterocycles. The van der Waals surface area contributed by atoms with Gasteiger partial charge in [-0.15, -0.1) is 0 Å². The summed E-state index contributed by atoms with van der Waals surface area (Å²) in [5.41, 5.74) is 1.42. The first-order chi connectivity index (χ1) is 6.69. The largest absolute Gasteiger partial charge is 0.459 e. The lowest BCUT2D eigenvalue weighted by atomic mass is 9.97. The summed E-state index contributed by atoms with van der Waals surface area (Å²) in [6.07, 6.45) is 3.93. The van der Waals surface area contributed by atoms with Crippen molar-refractivity contribution in [2.24, 2.45) is 0 Å². The van der Waals surface area contributed by atoms with Crippen LogP contribution in [0.15, 0.2) is 11.1 Å². The number of rotatable bonds is 4. The van der Waals surface area contributed by atoms with Crippen LogP contribution in [0.4, 0.5) is 0 Å². The van der Waals surface area contributed by atoms with E-state index in [1.807, 2.05) is 6.92 Å². The standard InChI is InChI=1S/C11H18O3/c1-3-4-5-9-6-8(2)10(7-12)11(13)14-9/h9,12H,3-7H2,1-2H3. The van der Waals surface area contributed by atoms with Gasteiger partial charge in [-0.1, -0.05) is 25.3 Å². The third-order valence-electron chi connectivity index (χ3n) is 2.61. The molecule has 14 heavy (non-hydrogen) atoms. The molecule has 1 atom stereocenters. The van der Waals surface area contributed by atoms with Crippen molar-refractivity contribution < 1.29 is 14.6 Å². The maximum absolute atomic E-state index is 11.4. The number of esters is 1. The molecule has 0 saturated carbocycles. The normalized spacial score (nSPS) is 22.5. The molecule has 0 spiro atoms. The fraction of sp³-hybridized carbons (Fsp3) is 0.727. The first kappa shape index (κ1) is 11.2. The van der Waals surface area contributed by atoms with Crippen molar-refractivity contribution in [2.75, 3.05) is 6.61 Å². The Hall–Kier alpha value is -0.830. The van der Waals surface area contributed by atoms with Gasteiger partial charge < -0.3 is 9.84 Å². The Morgan fingerprint density at radius 2 is 2.29 bits per heavy atom. The van der Waals surface area contributed by atoms with Crippen molar-refractivity contribution >= 4 is 5.97 Å². The SMILES string of the molecule is CCCCC1CC(C)=C(CO)C(=O)O1. The Bertz CT molecular complexity index is 243. The summed E-state index contributed by atoms with van der Waals surface area (Å²) in [4.78, 5) is 11.4. The molecule has 3 nitrogen and oxygen atoms in total. The number of carbonyl (C=O) groups is 1. The van der Waals surface area contributed by atoms with Crippen molar-refractivity contribution in [2.45, 2.75) is 45.6 Å². The molecule has 0 aromatic rings. The van der Waals surface area contributed by atoms with Crippen LogP contribution in [0.2, 0.25) is 0 Å². The molecular formula is C11H18O3. The van der Waals surface area contributed by atoms with E-state index in [1.165, 1.54) is 0 Å². The van der Waals surface area contributed by atoms with Crippen LogP contribution >= 0.6 is 0 Å². The number of unbranched alkanes of at least 4 members (excludes halogenated alkanes) is 1. The molecule has 3 heteroatoms. The van der Waals surface area contributed by atoms with E-state index in [9.17, 15) is 4.79 Å². The lowest BCUT2D eigenvalue weighted by Gasteiger charge is -2.24. The third kappa shape index (κ3) is 2.58. The minimum atomic E-state index is -0.336. The average Bonchev–Trinajstić information content (AvgIpc) is 2.14. The van der Waals surface area contributed by atoms with Crippen LogP contribution < -0.4 is 0 Å². The van der Waals surface area contributed by atoms with E-state index in [0.717, 1.165) is 31.3 Å². The summed E-state index contributed by atoms with van der Waals surface area (Å²) in [7, 11) is 0. The number of hydrogen-bond acceptors (Lipinski definition) is 3. The minimum Gasteiger partial charge on any atom is -0.459 e. The molecule has 1 N–H and O–H groups in total. The number of ether oxygens (including phenoxy) is 1. The van der Waals surface area contributed by atoms with Gasteiger partial charge in [-0.25, -0.2) is 4.79 Å². The Morgan fingerprint density at radius 1 is 1.57 bits per heavy atom. The summed E-state index contributed by atoms with van der Waals surface area (Å²) >= 11 is 0. The Labute approximate surface area is 84.8 Å². The topological polar surface area (TPSA) is 46.5 Å². The monoisotopic (exact) mass is 198 g/mol. The molecule has 1 unspecified atom stereocenters. The van der Waals surface area contributed by atoms with Gasteiger partial charge >= 0.3 is 5.97 Å². The summed E-state index contributed by atoms with van der Waals surface area (Å²) in [5.74, 6) is -0.336. The molecule has 0 aromatic carbocycles. The third-order valence-corrected chi connectivity index (χ3v) is 2.61. The molecule has 1 rings (SSSR count). The smallest absolute Gasteiger partial charge is 0.336 e. The van der Waals surface area contributed by atoms with Crippen LogP contribution in [0.1, 0.15) is 39.5 Å². The van der Waals surface area contributed by atoms with Gasteiger partial charge in [0.05, 0.1) is 12.2 Å². The maximum atomic E-state index is 11.4. The first-order valence-electron chi connectivity index (χ1n) is 5.19. The minimum absolute atomic E-state index is 0.0257. The fourth-order valence-electron chi connectivity index (χ4n) is 1.70. The van der Waals surface area contributed by atoms with E-state index in [4.69, 9.17) is 9.84 Å². The van der Waals surface area contributed by atoms with E-state index >= 15 is 0 Å². The summed E-state index contributed by atoms with van der Waals surface area (Å²) in [5, 5.41) is 8.94. The molecule has 1 heterocycles. The zero-order chi connectivity index (χ0) is 10.6. The van der Waals surface area contributed by atoms with Crippen LogP contribution in [0.25, 0.3) is 0 Å². The second-order valence-electron chi connectivity index (χ2n) is 3.79. The zero-order valence-electron chi connectivity index (χ0n) is 8.88. The summed E-state index contributed by atoms with van der Waals surface area (Å²) in [6, 6.07) is 0. The molecule has 0 amide bonds. The molecule has 0 bridgehead atoms. The second-order valence-corrected chi connectivity index (χ2v) is 3.79. The van der Waals surface area contributed by atoms with Crippen molar-refractivity contribution in [1.29, 1.82) is 0 Å². The Balaban J connectivity index is 2.58. The summed E-state index contributed by atoms with van der Waals surface area (Å²) in [6.45, 7) is 3.81. The highest BCUT2D eigenvalue weighted by molar-refractivity contribution is 5.90. The predicted octanol–water partition coefficient (Wildman–Crippen LogP) is 1.80. The Kier molecular flexibility index (Phi) is 4.14. The predicted molar refractivity (Wildman–Crippen MR) is 53.8 cm³/mol. The zero-order valence-corrected chi connectivity index (χ0v) is 8.88. The van der Waals surface area contributed by atoms with Crippen molar-refractivity contribution in [3.05, 3.63) is 11.1 Å². The average molecular weight is 198 g/mol. The van der Waals surface area contributed by atoms with Gasteiger partial charge in [0.2, 0.25) is 0 Å². The van der Waals surface area contributed by atoms with Gasteiger partial charge in [-0.2, -0.15) is 0 Å². The van der Waals surface area contributed by atoms with Gasteiger partial charge in [0.15, 0.2) is 0 Å². The number of hydrogen-bond donors (Lipinski definition) is 1. The second kappa shape index (κ2) is 5.15. The lowest BCUT2D eigenvalue weighted by molar-refractivity contribution is -0.146. The summed E-state index contributed by atoms with van der Waals surface area (Å²) < 4.78 is 5.21. The van der Waals surface area contributed by atoms with E-state index in [2.05, 4.69) is 6.92 Å². The molecule has 0 aliphatic carbocycles. The number of aliphatic hydroxyl groups excluding tert-OH is 1. The number of aliphatic hydroxyl groups is 1. The molecule has 80 valence electrons. The van der Waals surface area contributed by atoms with Gasteiger partial charge in [0.1, 0.15) is 6.10 Å². The highest BCUT2D eigenvalue weighted by Crippen LogP contribution is 2.23. The fourth-order valence-corrected chi connectivity index (χ4v) is 1.70. The highest BCUT2D eigenvalue weighted by atomic mass is 16.5. The van der Waals surface area contributed by atoms with Gasteiger partial charge in [0, 0.05) is 6.42 Å². The van der Waals surface area contributed by atoms with E-state index in [-0.39, 0.29) is 18.7 Å². The van der Waals surface area contributed by atoms with Gasteiger partial charge in [0.25, 0.3) is 0 Å². The molecule has 0 fully saturated rings. The maximum Gasteiger partial charge on any atom is 0.336 e. The Morgan fingerprint density at radius 3 is 2.79 bits per heavy atom. The molecule has 1 aliphatic heterocycles. The molecule has 0 radical (unpaired) electrons. The van der Waals surface area contributed by atoms with Crippen molar-refractivity contribution in [3.8, 4) is 0 Å². The van der Waals surface area contributed by atoms with Crippen molar-refractivity contribution in [3.63, 3.8) is 0 Å². The molecule has 1 aliphatic rings. The number of cyclic esters (lactones) is 1. The van der Waals surface area contributed by atoms with Crippen LogP contribution in [-0.2, 0) is 9.53 Å². The van der Waals surface area contributed by atoms with E-state index < -0.39 is 0 Å². The van der Waals surface area contributed by atoms with E-state index in [1.54, 1.807) is 0 Å². The van der Waals surface area contributed by atoms with Crippen molar-refractivity contribution in [1.82, 2.24) is 0 Å². The van der Waals surface area contributed by atoms with Crippen LogP contribution in [0.3, 0.4) is 0 Å². The molecular weight excluding hydrogens is 180 g/mol. The first-order valence-corrected chi connectivity index (χ1v) is 5.19. The lowest BCUT2D eigenvalue weighted by Crippen LogP contribution is -2.27. The van der Waals surface area contributed by atoms with Crippen LogP contribution in [-0.4, -0.2) is 23.8 Å². The van der Waals surface area contributed by atoms with Crippen LogP contribution in [0, 0.1) is 0 Å². The van der Waals surface area contributed by atoms with Gasteiger partial charge in [-0.05, 0) is 13.3 Å².